The molecule has 16 heavy (non-hydrogen) atoms. The second kappa shape index (κ2) is 4.46. The molecule has 2 aliphatic rings. The minimum atomic E-state index is -1.65. The zero-order chi connectivity index (χ0) is 11.9. The molecule has 2 aliphatic carbocycles. The van der Waals surface area contributed by atoms with E-state index in [9.17, 15) is 0 Å². The van der Waals surface area contributed by atoms with Crippen LogP contribution >= 0.6 is 0 Å². The number of hydrogen-bond acceptors (Lipinski definition) is 0. The second-order valence-electron chi connectivity index (χ2n) is 6.44. The zero-order valence-corrected chi connectivity index (χ0v) is 13.2. The molecular weight excluding hydrogens is 228 g/mol. The van der Waals surface area contributed by atoms with Crippen LogP contribution in [0.15, 0.2) is 20.6 Å². The molecule has 2 rings (SSSR count). The number of rotatable bonds is 2. The van der Waals surface area contributed by atoms with Crippen molar-refractivity contribution < 1.29 is 16.6 Å². The van der Waals surface area contributed by atoms with Crippen LogP contribution in [0.5, 0.6) is 0 Å². The van der Waals surface area contributed by atoms with Crippen molar-refractivity contribution in [2.45, 2.75) is 61.6 Å². The molecule has 0 aliphatic heterocycles. The summed E-state index contributed by atoms with van der Waals surface area (Å²) in [7, 11) is 0. The Balaban J connectivity index is 2.49. The molecule has 0 aromatic carbocycles. The summed E-state index contributed by atoms with van der Waals surface area (Å²) in [6.45, 7) is 4.82. The van der Waals surface area contributed by atoms with Gasteiger partial charge in [0.1, 0.15) is 0 Å². The summed E-state index contributed by atoms with van der Waals surface area (Å²) in [5, 5.41) is 7.72. The molecule has 0 saturated heterocycles. The Hall–Kier alpha value is 0.194. The molecule has 0 radical (unpaired) electrons. The summed E-state index contributed by atoms with van der Waals surface area (Å²) in [5.74, 6) is 0.792. The average Bonchev–Trinajstić information content (AvgIpc) is 2.51. The van der Waals surface area contributed by atoms with Gasteiger partial charge in [0, 0.05) is 0 Å². The third-order valence-electron chi connectivity index (χ3n) is 4.31. The van der Waals surface area contributed by atoms with Gasteiger partial charge in [0.2, 0.25) is 0 Å². The molecule has 0 amide bonds. The van der Waals surface area contributed by atoms with Crippen molar-refractivity contribution in [1.29, 1.82) is 0 Å². The van der Waals surface area contributed by atoms with E-state index in [1.165, 1.54) is 32.1 Å². The SMILES string of the molecule is CCC1=[C]([Ti]([CH3])([CH3])[CH3])C2=C(CCCC2)C1C. The van der Waals surface area contributed by atoms with Crippen LogP contribution in [-0.2, 0) is 16.6 Å². The molecule has 0 saturated carbocycles. The van der Waals surface area contributed by atoms with Gasteiger partial charge < -0.3 is 0 Å². The van der Waals surface area contributed by atoms with E-state index in [1.807, 2.05) is 20.6 Å². The number of hydrogen-bond donors (Lipinski definition) is 0. The fraction of sp³-hybridized carbons (Fsp3) is 0.733. The van der Waals surface area contributed by atoms with Gasteiger partial charge in [-0.2, -0.15) is 0 Å². The van der Waals surface area contributed by atoms with E-state index < -0.39 is 16.6 Å². The third kappa shape index (κ3) is 1.99. The Kier molecular flexibility index (Phi) is 3.53. The first-order valence-corrected chi connectivity index (χ1v) is 12.4. The molecule has 1 unspecified atom stereocenters. The summed E-state index contributed by atoms with van der Waals surface area (Å²) < 4.78 is 1.91. The fourth-order valence-corrected chi connectivity index (χ4v) is 7.71. The van der Waals surface area contributed by atoms with E-state index in [0.717, 1.165) is 5.92 Å². The van der Waals surface area contributed by atoms with E-state index in [1.54, 1.807) is 0 Å². The van der Waals surface area contributed by atoms with E-state index in [0.29, 0.717) is 0 Å². The molecule has 0 bridgehead atoms. The van der Waals surface area contributed by atoms with Gasteiger partial charge in [0.15, 0.2) is 0 Å². The first kappa shape index (κ1) is 12.6. The van der Waals surface area contributed by atoms with Gasteiger partial charge >= 0.3 is 105 Å². The summed E-state index contributed by atoms with van der Waals surface area (Å²) >= 11 is -1.65. The van der Waals surface area contributed by atoms with Gasteiger partial charge in [0.25, 0.3) is 0 Å². The van der Waals surface area contributed by atoms with Gasteiger partial charge in [0.05, 0.1) is 0 Å². The molecule has 0 aromatic heterocycles. The Morgan fingerprint density at radius 1 is 1.12 bits per heavy atom. The van der Waals surface area contributed by atoms with Crippen LogP contribution < -0.4 is 0 Å². The molecule has 0 N–H and O–H groups in total. The van der Waals surface area contributed by atoms with Crippen LogP contribution in [0.25, 0.3) is 0 Å². The summed E-state index contributed by atoms with van der Waals surface area (Å²) in [5.41, 5.74) is 5.49. The van der Waals surface area contributed by atoms with Gasteiger partial charge in [-0.05, 0) is 0 Å². The van der Waals surface area contributed by atoms with Crippen molar-refractivity contribution in [3.63, 3.8) is 0 Å². The van der Waals surface area contributed by atoms with Gasteiger partial charge in [-0.15, -0.1) is 0 Å². The van der Waals surface area contributed by atoms with Crippen molar-refractivity contribution in [3.8, 4) is 0 Å². The summed E-state index contributed by atoms with van der Waals surface area (Å²) in [4.78, 5) is 0. The maximum atomic E-state index is 2.57. The van der Waals surface area contributed by atoms with Crippen molar-refractivity contribution in [2.24, 2.45) is 5.92 Å². The Bertz CT molecular complexity index is 352. The zero-order valence-electron chi connectivity index (χ0n) is 11.6. The molecule has 1 heteroatoms. The Morgan fingerprint density at radius 3 is 2.31 bits per heavy atom. The third-order valence-corrected chi connectivity index (χ3v) is 7.62. The van der Waals surface area contributed by atoms with Gasteiger partial charge in [-0.25, -0.2) is 0 Å². The Labute approximate surface area is 105 Å². The topological polar surface area (TPSA) is 0 Å². The number of allylic oxidation sites excluding steroid dienone is 4. The fourth-order valence-electron chi connectivity index (χ4n) is 3.73. The van der Waals surface area contributed by atoms with Crippen molar-refractivity contribution in [2.75, 3.05) is 0 Å². The monoisotopic (exact) mass is 254 g/mol. The van der Waals surface area contributed by atoms with E-state index in [2.05, 4.69) is 29.5 Å². The first-order chi connectivity index (χ1) is 7.46. The molecule has 0 fully saturated rings. The van der Waals surface area contributed by atoms with Crippen molar-refractivity contribution >= 4 is 0 Å². The predicted octanol–water partition coefficient (Wildman–Crippen LogP) is 5.47. The van der Waals surface area contributed by atoms with E-state index >= 15 is 0 Å². The van der Waals surface area contributed by atoms with Gasteiger partial charge in [-0.3, -0.25) is 0 Å². The van der Waals surface area contributed by atoms with Crippen LogP contribution in [0.2, 0.25) is 15.7 Å². The quantitative estimate of drug-likeness (QED) is 0.573. The van der Waals surface area contributed by atoms with Crippen LogP contribution in [0.3, 0.4) is 0 Å². The summed E-state index contributed by atoms with van der Waals surface area (Å²) in [6, 6.07) is 0. The molecular formula is C15H26Ti. The first-order valence-electron chi connectivity index (χ1n) is 6.92. The van der Waals surface area contributed by atoms with E-state index in [-0.39, 0.29) is 0 Å². The van der Waals surface area contributed by atoms with Crippen molar-refractivity contribution in [3.05, 3.63) is 20.6 Å². The van der Waals surface area contributed by atoms with Crippen LogP contribution in [-0.4, -0.2) is 0 Å². The molecule has 0 heterocycles. The van der Waals surface area contributed by atoms with Crippen LogP contribution in [0, 0.1) is 5.92 Å². The second-order valence-corrected chi connectivity index (χ2v) is 14.2. The Morgan fingerprint density at radius 2 is 1.75 bits per heavy atom. The summed E-state index contributed by atoms with van der Waals surface area (Å²) in [6.07, 6.45) is 6.93. The molecule has 1 atom stereocenters. The standard InChI is InChI=1S/C12H17.3CH3.Ti/c1-3-10-8-11-6-4-5-7-12(11)9(10)2;;;;/h9H,3-7H2,1-2H3;3*1H3;. The van der Waals surface area contributed by atoms with Crippen molar-refractivity contribution in [1.82, 2.24) is 0 Å². The van der Waals surface area contributed by atoms with Gasteiger partial charge in [-0.1, -0.05) is 0 Å². The molecule has 0 aromatic rings. The average molecular weight is 254 g/mol. The molecule has 0 spiro atoms. The maximum absolute atomic E-state index is 2.57. The normalized spacial score (nSPS) is 26.4. The predicted molar refractivity (Wildman–Crippen MR) is 69.6 cm³/mol. The minimum absolute atomic E-state index is 0.792. The molecule has 0 nitrogen and oxygen atoms in total. The van der Waals surface area contributed by atoms with Crippen LogP contribution in [0.1, 0.15) is 46.0 Å². The van der Waals surface area contributed by atoms with E-state index in [4.69, 9.17) is 0 Å². The van der Waals surface area contributed by atoms with Crippen LogP contribution in [0.4, 0.5) is 0 Å². The molecule has 90 valence electrons.